The third-order valence-corrected chi connectivity index (χ3v) is 3.42. The number of halogens is 2. The fraction of sp³-hybridized carbons (Fsp3) is 0.250. The quantitative estimate of drug-likeness (QED) is 0.822. The Kier molecular flexibility index (Phi) is 5.30. The summed E-state index contributed by atoms with van der Waals surface area (Å²) < 4.78 is 28.6. The minimum absolute atomic E-state index is 0.0142. The Morgan fingerprint density at radius 1 is 1.33 bits per heavy atom. The summed E-state index contributed by atoms with van der Waals surface area (Å²) in [6, 6.07) is 4.27. The number of carbonyl (C=O) groups excluding carboxylic acids is 2. The number of hydroxylamine groups is 1. The Hall–Kier alpha value is -2.74. The van der Waals surface area contributed by atoms with Crippen molar-refractivity contribution in [3.8, 4) is 0 Å². The van der Waals surface area contributed by atoms with Crippen molar-refractivity contribution in [3.05, 3.63) is 52.8 Å². The maximum Gasteiger partial charge on any atom is 0.284 e. The lowest BCUT2D eigenvalue weighted by atomic mass is 10.1. The maximum absolute atomic E-state index is 14.5. The summed E-state index contributed by atoms with van der Waals surface area (Å²) in [6.45, 7) is 1.72. The molecule has 0 saturated heterocycles. The standard InChI is InChI=1S/C16H17F2N3O3/c1-9-4-5-12(11(17)8-9)19-14-10(15(22)20-24-3)6-7-21(2)16(23)13(14)18/h4-6,8,19H,7H2,1-3H3,(H,20,22). The van der Waals surface area contributed by atoms with Gasteiger partial charge in [0.2, 0.25) is 5.83 Å². The minimum Gasteiger partial charge on any atom is -0.350 e. The molecule has 0 saturated carbocycles. The van der Waals surface area contributed by atoms with Crippen molar-refractivity contribution >= 4 is 17.5 Å². The van der Waals surface area contributed by atoms with E-state index in [-0.39, 0.29) is 17.8 Å². The third-order valence-electron chi connectivity index (χ3n) is 3.42. The molecule has 1 heterocycles. The van der Waals surface area contributed by atoms with E-state index in [1.807, 2.05) is 0 Å². The van der Waals surface area contributed by atoms with E-state index in [4.69, 9.17) is 0 Å². The van der Waals surface area contributed by atoms with Crippen molar-refractivity contribution in [3.63, 3.8) is 0 Å². The summed E-state index contributed by atoms with van der Waals surface area (Å²) in [7, 11) is 2.61. The largest absolute Gasteiger partial charge is 0.350 e. The Labute approximate surface area is 137 Å². The predicted molar refractivity (Wildman–Crippen MR) is 83.8 cm³/mol. The highest BCUT2D eigenvalue weighted by molar-refractivity contribution is 6.03. The lowest BCUT2D eigenvalue weighted by Gasteiger charge is -2.15. The van der Waals surface area contributed by atoms with E-state index in [0.717, 1.165) is 4.90 Å². The molecule has 1 aromatic carbocycles. The number of anilines is 1. The number of aryl methyl sites for hydroxylation is 1. The van der Waals surface area contributed by atoms with Gasteiger partial charge in [-0.2, -0.15) is 4.39 Å². The van der Waals surface area contributed by atoms with Gasteiger partial charge in [-0.15, -0.1) is 0 Å². The van der Waals surface area contributed by atoms with Crippen molar-refractivity contribution in [1.82, 2.24) is 10.4 Å². The highest BCUT2D eigenvalue weighted by atomic mass is 19.1. The predicted octanol–water partition coefficient (Wildman–Crippen LogP) is 1.80. The van der Waals surface area contributed by atoms with Gasteiger partial charge in [-0.1, -0.05) is 12.1 Å². The molecule has 1 aromatic rings. The molecule has 6 nitrogen and oxygen atoms in total. The van der Waals surface area contributed by atoms with Gasteiger partial charge >= 0.3 is 0 Å². The van der Waals surface area contributed by atoms with Gasteiger partial charge in [-0.05, 0) is 24.6 Å². The topological polar surface area (TPSA) is 70.7 Å². The van der Waals surface area contributed by atoms with Crippen molar-refractivity contribution in [2.24, 2.45) is 0 Å². The van der Waals surface area contributed by atoms with Crippen LogP contribution in [0.25, 0.3) is 0 Å². The molecule has 2 rings (SSSR count). The Bertz CT molecular complexity index is 744. The summed E-state index contributed by atoms with van der Waals surface area (Å²) in [5.41, 5.74) is 2.11. The molecule has 0 aromatic heterocycles. The molecule has 2 amide bonds. The Morgan fingerprint density at radius 2 is 2.04 bits per heavy atom. The zero-order chi connectivity index (χ0) is 17.9. The van der Waals surface area contributed by atoms with Crippen molar-refractivity contribution in [2.75, 3.05) is 26.0 Å². The van der Waals surface area contributed by atoms with Gasteiger partial charge in [0.05, 0.1) is 24.1 Å². The number of hydrogen-bond donors (Lipinski definition) is 2. The van der Waals surface area contributed by atoms with Crippen LogP contribution in [0.5, 0.6) is 0 Å². The average molecular weight is 337 g/mol. The number of nitrogens with one attached hydrogen (secondary N) is 2. The molecular weight excluding hydrogens is 320 g/mol. The van der Waals surface area contributed by atoms with Gasteiger partial charge in [0.15, 0.2) is 0 Å². The molecule has 0 radical (unpaired) electrons. The van der Waals surface area contributed by atoms with Gasteiger partial charge in [0, 0.05) is 13.6 Å². The molecular formula is C16H17F2N3O3. The fourth-order valence-corrected chi connectivity index (χ4v) is 2.14. The number of rotatable bonds is 4. The van der Waals surface area contributed by atoms with Crippen LogP contribution in [-0.4, -0.2) is 37.4 Å². The van der Waals surface area contributed by atoms with E-state index in [2.05, 4.69) is 15.6 Å². The van der Waals surface area contributed by atoms with Gasteiger partial charge in [-0.25, -0.2) is 9.87 Å². The minimum atomic E-state index is -1.19. The highest BCUT2D eigenvalue weighted by Crippen LogP contribution is 2.26. The molecule has 0 atom stereocenters. The monoisotopic (exact) mass is 337 g/mol. The second kappa shape index (κ2) is 7.22. The van der Waals surface area contributed by atoms with Gasteiger partial charge in [0.1, 0.15) is 5.82 Å². The van der Waals surface area contributed by atoms with E-state index in [0.29, 0.717) is 5.56 Å². The highest BCUT2D eigenvalue weighted by Gasteiger charge is 2.28. The van der Waals surface area contributed by atoms with Crippen LogP contribution in [0.4, 0.5) is 14.5 Å². The number of likely N-dealkylation sites (N-methyl/N-ethyl adjacent to an activating group) is 1. The van der Waals surface area contributed by atoms with E-state index in [1.165, 1.54) is 32.4 Å². The lowest BCUT2D eigenvalue weighted by molar-refractivity contribution is -0.127. The molecule has 0 fully saturated rings. The second-order valence-corrected chi connectivity index (χ2v) is 5.24. The summed E-state index contributed by atoms with van der Waals surface area (Å²) in [5, 5.41) is 2.50. The van der Waals surface area contributed by atoms with Crippen LogP contribution in [0.2, 0.25) is 0 Å². The van der Waals surface area contributed by atoms with E-state index >= 15 is 0 Å². The lowest BCUT2D eigenvalue weighted by Crippen LogP contribution is -2.27. The van der Waals surface area contributed by atoms with Crippen molar-refractivity contribution in [1.29, 1.82) is 0 Å². The molecule has 1 aliphatic heterocycles. The van der Waals surface area contributed by atoms with E-state index < -0.39 is 29.2 Å². The molecule has 0 spiro atoms. The third kappa shape index (κ3) is 3.60. The Balaban J connectivity index is 2.49. The van der Waals surface area contributed by atoms with E-state index in [9.17, 15) is 18.4 Å². The first-order chi connectivity index (χ1) is 11.3. The van der Waals surface area contributed by atoms with Crippen LogP contribution in [0, 0.1) is 12.7 Å². The molecule has 2 N–H and O–H groups in total. The first-order valence-corrected chi connectivity index (χ1v) is 7.07. The summed E-state index contributed by atoms with van der Waals surface area (Å²) >= 11 is 0. The molecule has 0 unspecified atom stereocenters. The number of carbonyl (C=O) groups is 2. The number of amides is 2. The van der Waals surface area contributed by atoms with Crippen LogP contribution in [0.15, 0.2) is 41.4 Å². The summed E-state index contributed by atoms with van der Waals surface area (Å²) in [4.78, 5) is 29.7. The molecule has 1 aliphatic rings. The smallest absolute Gasteiger partial charge is 0.284 e. The van der Waals surface area contributed by atoms with Crippen molar-refractivity contribution in [2.45, 2.75) is 6.92 Å². The van der Waals surface area contributed by atoms with Gasteiger partial charge < -0.3 is 10.2 Å². The zero-order valence-corrected chi connectivity index (χ0v) is 13.4. The SMILES string of the molecule is CONC(=O)C1=CCN(C)C(=O)C(F)=C1Nc1ccc(C)cc1F. The van der Waals surface area contributed by atoms with Crippen LogP contribution in [0.1, 0.15) is 5.56 Å². The Morgan fingerprint density at radius 3 is 2.67 bits per heavy atom. The van der Waals surface area contributed by atoms with Crippen LogP contribution in [-0.2, 0) is 14.4 Å². The second-order valence-electron chi connectivity index (χ2n) is 5.24. The first kappa shape index (κ1) is 17.6. The molecule has 128 valence electrons. The molecule has 24 heavy (non-hydrogen) atoms. The number of benzene rings is 1. The average Bonchev–Trinajstić information content (AvgIpc) is 2.63. The maximum atomic E-state index is 14.5. The molecule has 8 heteroatoms. The molecule has 0 aliphatic carbocycles. The molecule has 0 bridgehead atoms. The number of hydrogen-bond acceptors (Lipinski definition) is 4. The normalized spacial score (nSPS) is 15.1. The van der Waals surface area contributed by atoms with Gasteiger partial charge in [-0.3, -0.25) is 14.4 Å². The fourth-order valence-electron chi connectivity index (χ4n) is 2.14. The van der Waals surface area contributed by atoms with Gasteiger partial charge in [0.25, 0.3) is 11.8 Å². The zero-order valence-electron chi connectivity index (χ0n) is 13.4. The van der Waals surface area contributed by atoms with Crippen LogP contribution in [0.3, 0.4) is 0 Å². The van der Waals surface area contributed by atoms with Crippen molar-refractivity contribution < 1.29 is 23.2 Å². The van der Waals surface area contributed by atoms with E-state index in [1.54, 1.807) is 13.0 Å². The summed E-state index contributed by atoms with van der Waals surface area (Å²) in [6.07, 6.45) is 1.35. The van der Waals surface area contributed by atoms with Crippen LogP contribution >= 0.6 is 0 Å². The number of nitrogens with zero attached hydrogens (tertiary/aromatic N) is 1. The first-order valence-electron chi connectivity index (χ1n) is 7.07. The summed E-state index contributed by atoms with van der Waals surface area (Å²) in [5.74, 6) is -3.49. The van der Waals surface area contributed by atoms with Crippen LogP contribution < -0.4 is 10.8 Å².